The average molecular weight is 306 g/mol. The van der Waals surface area contributed by atoms with E-state index in [0.717, 1.165) is 50.5 Å². The average Bonchev–Trinajstić information content (AvgIpc) is 2.41. The van der Waals surface area contributed by atoms with E-state index >= 15 is 0 Å². The molecule has 2 unspecified atom stereocenters. The van der Waals surface area contributed by atoms with E-state index in [1.165, 1.54) is 0 Å². The van der Waals surface area contributed by atoms with Gasteiger partial charge in [-0.15, -0.1) is 0 Å². The van der Waals surface area contributed by atoms with Gasteiger partial charge in [-0.25, -0.2) is 0 Å². The highest BCUT2D eigenvalue weighted by Gasteiger charge is 2.62. The molecule has 0 spiro atoms. The first-order valence-electron chi connectivity index (χ1n) is 8.73. The molecule has 0 radical (unpaired) electrons. The summed E-state index contributed by atoms with van der Waals surface area (Å²) in [6.07, 6.45) is 6.18. The normalized spacial score (nSPS) is 51.8. The highest BCUT2D eigenvalue weighted by Crippen LogP contribution is 2.67. The van der Waals surface area contributed by atoms with E-state index in [-0.39, 0.29) is 16.7 Å². The minimum Gasteiger partial charge on any atom is -0.481 e. The Hall–Kier alpha value is -0.830. The fourth-order valence-corrected chi connectivity index (χ4v) is 6.47. The summed E-state index contributed by atoms with van der Waals surface area (Å²) in [5, 5.41) is 20.2. The Bertz CT molecular complexity index is 513. The minimum atomic E-state index is -0.632. The molecule has 0 saturated heterocycles. The maximum atomic E-state index is 12.0. The monoisotopic (exact) mass is 306 g/mol. The molecule has 0 amide bonds. The molecular weight excluding hydrogens is 276 g/mol. The third-order valence-electron chi connectivity index (χ3n) is 7.67. The molecule has 0 aliphatic heterocycles. The summed E-state index contributed by atoms with van der Waals surface area (Å²) in [6.45, 7) is 10.7. The number of aliphatic hydroxyl groups is 1. The van der Waals surface area contributed by atoms with Crippen molar-refractivity contribution in [3.8, 4) is 0 Å². The quantitative estimate of drug-likeness (QED) is 0.720. The molecule has 0 aromatic rings. The first-order chi connectivity index (χ1) is 10.1. The van der Waals surface area contributed by atoms with Crippen molar-refractivity contribution in [2.75, 3.05) is 0 Å². The molecule has 22 heavy (non-hydrogen) atoms. The van der Waals surface area contributed by atoms with E-state index in [1.807, 2.05) is 6.92 Å². The highest BCUT2D eigenvalue weighted by atomic mass is 16.4. The lowest BCUT2D eigenvalue weighted by molar-refractivity contribution is -0.182. The molecule has 6 atom stereocenters. The van der Waals surface area contributed by atoms with Gasteiger partial charge in [0.05, 0.1) is 11.5 Å². The van der Waals surface area contributed by atoms with Crippen LogP contribution in [0, 0.1) is 28.1 Å². The largest absolute Gasteiger partial charge is 0.481 e. The zero-order chi connectivity index (χ0) is 16.3. The molecule has 3 rings (SSSR count). The minimum absolute atomic E-state index is 0.0278. The van der Waals surface area contributed by atoms with E-state index in [4.69, 9.17) is 0 Å². The van der Waals surface area contributed by atoms with Crippen molar-refractivity contribution in [1.29, 1.82) is 0 Å². The number of fused-ring (bicyclic) bond motifs is 3. The second-order valence-electron chi connectivity index (χ2n) is 8.97. The van der Waals surface area contributed by atoms with Gasteiger partial charge in [0.2, 0.25) is 0 Å². The Labute approximate surface area is 133 Å². The second-order valence-corrected chi connectivity index (χ2v) is 8.97. The smallest absolute Gasteiger partial charge is 0.309 e. The fourth-order valence-electron chi connectivity index (χ4n) is 6.47. The fraction of sp³-hybridized carbons (Fsp3) is 0.842. The molecule has 0 aromatic heterocycles. The molecule has 2 N–H and O–H groups in total. The summed E-state index contributed by atoms with van der Waals surface area (Å²) in [5.41, 5.74) is 0.573. The van der Waals surface area contributed by atoms with Crippen LogP contribution in [-0.2, 0) is 4.79 Å². The van der Waals surface area contributed by atoms with Crippen LogP contribution in [0.25, 0.3) is 0 Å². The highest BCUT2D eigenvalue weighted by molar-refractivity contribution is 5.75. The maximum Gasteiger partial charge on any atom is 0.309 e. The van der Waals surface area contributed by atoms with Crippen LogP contribution >= 0.6 is 0 Å². The van der Waals surface area contributed by atoms with E-state index in [9.17, 15) is 15.0 Å². The van der Waals surface area contributed by atoms with Crippen molar-refractivity contribution in [2.45, 2.75) is 71.8 Å². The Morgan fingerprint density at radius 3 is 2.50 bits per heavy atom. The summed E-state index contributed by atoms with van der Waals surface area (Å²) in [6, 6.07) is 0. The van der Waals surface area contributed by atoms with Crippen molar-refractivity contribution >= 4 is 5.97 Å². The Morgan fingerprint density at radius 2 is 1.86 bits per heavy atom. The second kappa shape index (κ2) is 4.83. The summed E-state index contributed by atoms with van der Waals surface area (Å²) in [4.78, 5) is 12.0. The summed E-state index contributed by atoms with van der Waals surface area (Å²) in [5.74, 6) is -0.00564. The zero-order valence-corrected chi connectivity index (χ0v) is 14.2. The van der Waals surface area contributed by atoms with Gasteiger partial charge in [0, 0.05) is 0 Å². The predicted molar refractivity (Wildman–Crippen MR) is 86.4 cm³/mol. The molecule has 124 valence electrons. The van der Waals surface area contributed by atoms with E-state index in [2.05, 4.69) is 20.4 Å². The van der Waals surface area contributed by atoms with Gasteiger partial charge in [0.25, 0.3) is 0 Å². The molecule has 3 saturated carbocycles. The van der Waals surface area contributed by atoms with Crippen LogP contribution in [0.1, 0.15) is 65.7 Å². The van der Waals surface area contributed by atoms with Crippen LogP contribution in [-0.4, -0.2) is 22.3 Å². The lowest BCUT2D eigenvalue weighted by Gasteiger charge is -2.64. The number of hydrogen-bond acceptors (Lipinski definition) is 2. The van der Waals surface area contributed by atoms with Crippen LogP contribution in [0.4, 0.5) is 0 Å². The predicted octanol–water partition coefficient (Wildman–Crippen LogP) is 4.01. The third kappa shape index (κ3) is 2.01. The topological polar surface area (TPSA) is 57.5 Å². The molecule has 0 heterocycles. The molecule has 3 heteroatoms. The van der Waals surface area contributed by atoms with E-state index in [1.54, 1.807) is 0 Å². The van der Waals surface area contributed by atoms with Gasteiger partial charge < -0.3 is 10.2 Å². The molecule has 3 fully saturated rings. The lowest BCUT2D eigenvalue weighted by Crippen LogP contribution is -2.59. The van der Waals surface area contributed by atoms with Crippen molar-refractivity contribution in [2.24, 2.45) is 28.1 Å². The summed E-state index contributed by atoms with van der Waals surface area (Å²) in [7, 11) is 0. The lowest BCUT2D eigenvalue weighted by atomic mass is 9.40. The van der Waals surface area contributed by atoms with Gasteiger partial charge in [0.15, 0.2) is 0 Å². The van der Waals surface area contributed by atoms with Crippen LogP contribution in [0.5, 0.6) is 0 Å². The standard InChI is InChI=1S/C19H30O3/c1-12-11-17(2)9-6-14-18(3,15(17)10-13(12)20)7-5-8-19(14,4)16(21)22/h13-15,20H,1,5-11H2,2-4H3,(H,21,22)/t13?,14?,15-,17-,18-,19-/m1/s1. The SMILES string of the molecule is C=C1C[C@@]2(C)CCC3[C@](C)(C(=O)O)CCC[C@@]3(C)[C@@H]2CC1O. The zero-order valence-electron chi connectivity index (χ0n) is 14.2. The molecular formula is C19H30O3. The molecule has 0 bridgehead atoms. The summed E-state index contributed by atoms with van der Waals surface area (Å²) >= 11 is 0. The van der Waals surface area contributed by atoms with Gasteiger partial charge >= 0.3 is 5.97 Å². The molecule has 0 aromatic carbocycles. The number of rotatable bonds is 1. The molecule has 3 aliphatic rings. The first-order valence-corrected chi connectivity index (χ1v) is 8.73. The Morgan fingerprint density at radius 1 is 1.18 bits per heavy atom. The van der Waals surface area contributed by atoms with Gasteiger partial charge in [-0.05, 0) is 73.7 Å². The third-order valence-corrected chi connectivity index (χ3v) is 7.67. The molecule has 3 aliphatic carbocycles. The van der Waals surface area contributed by atoms with Gasteiger partial charge in [-0.3, -0.25) is 4.79 Å². The first kappa shape index (κ1) is 16.0. The number of carboxylic acids is 1. The maximum absolute atomic E-state index is 12.0. The van der Waals surface area contributed by atoms with Gasteiger partial charge in [-0.1, -0.05) is 26.8 Å². The van der Waals surface area contributed by atoms with Gasteiger partial charge in [0.1, 0.15) is 0 Å². The Balaban J connectivity index is 2.01. The van der Waals surface area contributed by atoms with Crippen LogP contribution in [0.2, 0.25) is 0 Å². The number of hydrogen-bond donors (Lipinski definition) is 2. The molecule has 3 nitrogen and oxygen atoms in total. The number of aliphatic hydroxyl groups excluding tert-OH is 1. The van der Waals surface area contributed by atoms with Crippen molar-refractivity contribution in [1.82, 2.24) is 0 Å². The van der Waals surface area contributed by atoms with Crippen molar-refractivity contribution < 1.29 is 15.0 Å². The van der Waals surface area contributed by atoms with Crippen molar-refractivity contribution in [3.05, 3.63) is 12.2 Å². The van der Waals surface area contributed by atoms with E-state index < -0.39 is 17.5 Å². The number of aliphatic carboxylic acids is 1. The number of carboxylic acid groups (broad SMARTS) is 1. The van der Waals surface area contributed by atoms with Gasteiger partial charge in [-0.2, -0.15) is 0 Å². The summed E-state index contributed by atoms with van der Waals surface area (Å²) < 4.78 is 0. The van der Waals surface area contributed by atoms with Crippen LogP contribution in [0.15, 0.2) is 12.2 Å². The van der Waals surface area contributed by atoms with Crippen LogP contribution in [0.3, 0.4) is 0 Å². The van der Waals surface area contributed by atoms with Crippen LogP contribution < -0.4 is 0 Å². The Kier molecular flexibility index (Phi) is 3.52. The van der Waals surface area contributed by atoms with E-state index in [0.29, 0.717) is 5.92 Å². The number of carbonyl (C=O) groups is 1. The van der Waals surface area contributed by atoms with Crippen molar-refractivity contribution in [3.63, 3.8) is 0 Å².